The summed E-state index contributed by atoms with van der Waals surface area (Å²) >= 11 is 0. The lowest BCUT2D eigenvalue weighted by Gasteiger charge is -2.13. The quantitative estimate of drug-likeness (QED) is 0.796. The van der Waals surface area contributed by atoms with Gasteiger partial charge in [-0.05, 0) is 26.0 Å². The molecular weight excluding hydrogens is 215 g/mol. The van der Waals surface area contributed by atoms with Gasteiger partial charge in [-0.15, -0.1) is 0 Å². The smallest absolute Gasteiger partial charge is 0.344 e. The second-order valence-corrected chi connectivity index (χ2v) is 3.29. The summed E-state index contributed by atoms with van der Waals surface area (Å²) in [7, 11) is 0. The zero-order valence-electron chi connectivity index (χ0n) is 8.86. The second-order valence-electron chi connectivity index (χ2n) is 3.29. The van der Waals surface area contributed by atoms with E-state index < -0.39 is 17.9 Å². The van der Waals surface area contributed by atoms with Crippen molar-refractivity contribution in [2.45, 2.75) is 20.0 Å². The Balaban J connectivity index is 3.05. The molecule has 0 aliphatic carbocycles. The average Bonchev–Trinajstić information content (AvgIpc) is 2.16. The van der Waals surface area contributed by atoms with E-state index in [1.54, 1.807) is 0 Å². The molecule has 0 aliphatic heterocycles. The van der Waals surface area contributed by atoms with E-state index >= 15 is 0 Å². The SMILES string of the molecule is CC(=O)c1ccc(F)cc1OC(C)C(=O)O. The average molecular weight is 226 g/mol. The molecule has 0 aliphatic rings. The van der Waals surface area contributed by atoms with Crippen molar-refractivity contribution in [3.05, 3.63) is 29.6 Å². The first kappa shape index (κ1) is 12.2. The number of hydrogen-bond donors (Lipinski definition) is 1. The van der Waals surface area contributed by atoms with Crippen LogP contribution in [0.15, 0.2) is 18.2 Å². The van der Waals surface area contributed by atoms with Gasteiger partial charge in [0.25, 0.3) is 0 Å². The van der Waals surface area contributed by atoms with Gasteiger partial charge in [0, 0.05) is 6.07 Å². The maximum atomic E-state index is 12.9. The lowest BCUT2D eigenvalue weighted by molar-refractivity contribution is -0.144. The Bertz CT molecular complexity index is 428. The van der Waals surface area contributed by atoms with E-state index in [0.717, 1.165) is 12.1 Å². The van der Waals surface area contributed by atoms with Crippen molar-refractivity contribution in [2.24, 2.45) is 0 Å². The minimum absolute atomic E-state index is 0.0533. The lowest BCUT2D eigenvalue weighted by atomic mass is 10.1. The van der Waals surface area contributed by atoms with Crippen LogP contribution in [0, 0.1) is 5.82 Å². The molecule has 0 heterocycles. The molecule has 1 aromatic carbocycles. The van der Waals surface area contributed by atoms with Gasteiger partial charge in [-0.3, -0.25) is 4.79 Å². The molecule has 1 N–H and O–H groups in total. The Kier molecular flexibility index (Phi) is 3.60. The van der Waals surface area contributed by atoms with Gasteiger partial charge in [0.05, 0.1) is 5.56 Å². The summed E-state index contributed by atoms with van der Waals surface area (Å²) in [4.78, 5) is 21.7. The summed E-state index contributed by atoms with van der Waals surface area (Å²) in [5.74, 6) is -2.13. The first-order chi connectivity index (χ1) is 7.41. The number of halogens is 1. The van der Waals surface area contributed by atoms with Crippen molar-refractivity contribution in [3.8, 4) is 5.75 Å². The normalized spacial score (nSPS) is 11.9. The minimum Gasteiger partial charge on any atom is -0.479 e. The molecule has 0 aromatic heterocycles. The fourth-order valence-electron chi connectivity index (χ4n) is 1.13. The van der Waals surface area contributed by atoms with Crippen LogP contribution < -0.4 is 4.74 Å². The Labute approximate surface area is 91.7 Å². The lowest BCUT2D eigenvalue weighted by Crippen LogP contribution is -2.23. The summed E-state index contributed by atoms with van der Waals surface area (Å²) in [5.41, 5.74) is 0.162. The van der Waals surface area contributed by atoms with Gasteiger partial charge in [-0.2, -0.15) is 0 Å². The number of carboxylic acids is 1. The molecule has 1 rings (SSSR count). The van der Waals surface area contributed by atoms with Crippen LogP contribution >= 0.6 is 0 Å². The Morgan fingerprint density at radius 1 is 1.44 bits per heavy atom. The van der Waals surface area contributed by atoms with Gasteiger partial charge in [-0.25, -0.2) is 9.18 Å². The molecule has 16 heavy (non-hydrogen) atoms. The van der Waals surface area contributed by atoms with Crippen molar-refractivity contribution in [3.63, 3.8) is 0 Å². The Morgan fingerprint density at radius 3 is 2.56 bits per heavy atom. The number of ether oxygens (including phenoxy) is 1. The monoisotopic (exact) mass is 226 g/mol. The fourth-order valence-corrected chi connectivity index (χ4v) is 1.13. The Hall–Kier alpha value is -1.91. The number of benzene rings is 1. The molecule has 0 radical (unpaired) electrons. The first-order valence-electron chi connectivity index (χ1n) is 4.61. The highest BCUT2D eigenvalue weighted by Gasteiger charge is 2.17. The maximum absolute atomic E-state index is 12.9. The molecule has 1 aromatic rings. The van der Waals surface area contributed by atoms with Gasteiger partial charge in [-0.1, -0.05) is 0 Å². The highest BCUT2D eigenvalue weighted by atomic mass is 19.1. The molecule has 0 amide bonds. The van der Waals surface area contributed by atoms with Crippen LogP contribution in [-0.2, 0) is 4.79 Å². The topological polar surface area (TPSA) is 63.6 Å². The summed E-state index contributed by atoms with van der Waals surface area (Å²) in [6.07, 6.45) is -1.14. The van der Waals surface area contributed by atoms with Crippen LogP contribution in [0.1, 0.15) is 24.2 Å². The van der Waals surface area contributed by atoms with E-state index in [4.69, 9.17) is 9.84 Å². The van der Waals surface area contributed by atoms with Crippen molar-refractivity contribution in [2.75, 3.05) is 0 Å². The van der Waals surface area contributed by atoms with Gasteiger partial charge < -0.3 is 9.84 Å². The van der Waals surface area contributed by atoms with Crippen LogP contribution in [0.25, 0.3) is 0 Å². The van der Waals surface area contributed by atoms with E-state index in [1.165, 1.54) is 19.9 Å². The molecule has 5 heteroatoms. The van der Waals surface area contributed by atoms with Crippen LogP contribution in [0.2, 0.25) is 0 Å². The summed E-state index contributed by atoms with van der Waals surface area (Å²) < 4.78 is 17.9. The number of carbonyl (C=O) groups is 2. The van der Waals surface area contributed by atoms with E-state index in [2.05, 4.69) is 0 Å². The maximum Gasteiger partial charge on any atom is 0.344 e. The highest BCUT2D eigenvalue weighted by molar-refractivity contribution is 5.96. The third-order valence-corrected chi connectivity index (χ3v) is 1.97. The van der Waals surface area contributed by atoms with Crippen LogP contribution in [-0.4, -0.2) is 23.0 Å². The minimum atomic E-state index is -1.18. The molecule has 4 nitrogen and oxygen atoms in total. The summed E-state index contributed by atoms with van der Waals surface area (Å²) in [6.45, 7) is 2.60. The van der Waals surface area contributed by atoms with Gasteiger partial charge in [0.15, 0.2) is 11.9 Å². The predicted octanol–water partition coefficient (Wildman–Crippen LogP) is 1.88. The van der Waals surface area contributed by atoms with Crippen LogP contribution in [0.3, 0.4) is 0 Å². The van der Waals surface area contributed by atoms with Gasteiger partial charge in [0.1, 0.15) is 11.6 Å². The third kappa shape index (κ3) is 2.79. The van der Waals surface area contributed by atoms with Crippen molar-refractivity contribution in [1.29, 1.82) is 0 Å². The molecule has 0 fully saturated rings. The number of hydrogen-bond acceptors (Lipinski definition) is 3. The van der Waals surface area contributed by atoms with E-state index in [9.17, 15) is 14.0 Å². The van der Waals surface area contributed by atoms with Crippen molar-refractivity contribution in [1.82, 2.24) is 0 Å². The second kappa shape index (κ2) is 4.74. The van der Waals surface area contributed by atoms with Crippen LogP contribution in [0.5, 0.6) is 5.75 Å². The largest absolute Gasteiger partial charge is 0.479 e. The molecule has 1 atom stereocenters. The van der Waals surface area contributed by atoms with E-state index in [-0.39, 0.29) is 17.1 Å². The molecule has 0 saturated carbocycles. The molecule has 86 valence electrons. The fraction of sp³-hybridized carbons (Fsp3) is 0.273. The summed E-state index contributed by atoms with van der Waals surface area (Å²) in [6, 6.07) is 3.38. The van der Waals surface area contributed by atoms with Crippen molar-refractivity contribution < 1.29 is 23.8 Å². The zero-order chi connectivity index (χ0) is 12.3. The standard InChI is InChI=1S/C11H11FO4/c1-6(13)9-4-3-8(12)5-10(9)16-7(2)11(14)15/h3-5,7H,1-2H3,(H,14,15). The Morgan fingerprint density at radius 2 is 2.06 bits per heavy atom. The van der Waals surface area contributed by atoms with Gasteiger partial charge >= 0.3 is 5.97 Å². The number of carboxylic acid groups (broad SMARTS) is 1. The first-order valence-corrected chi connectivity index (χ1v) is 4.61. The zero-order valence-corrected chi connectivity index (χ0v) is 8.86. The predicted molar refractivity (Wildman–Crippen MR) is 54.1 cm³/mol. The highest BCUT2D eigenvalue weighted by Crippen LogP contribution is 2.21. The van der Waals surface area contributed by atoms with Crippen LogP contribution in [0.4, 0.5) is 4.39 Å². The molecule has 0 spiro atoms. The number of carbonyl (C=O) groups excluding carboxylic acids is 1. The molecular formula is C11H11FO4. The molecule has 0 saturated heterocycles. The molecule has 0 bridgehead atoms. The summed E-state index contributed by atoms with van der Waals surface area (Å²) in [5, 5.41) is 8.64. The van der Waals surface area contributed by atoms with Gasteiger partial charge in [0.2, 0.25) is 0 Å². The van der Waals surface area contributed by atoms with Crippen molar-refractivity contribution >= 4 is 11.8 Å². The number of Topliss-reactive ketones (excluding diaryl/α,β-unsaturated/α-hetero) is 1. The number of rotatable bonds is 4. The third-order valence-electron chi connectivity index (χ3n) is 1.97. The number of aliphatic carboxylic acids is 1. The van der Waals surface area contributed by atoms with E-state index in [1.807, 2.05) is 0 Å². The molecule has 1 unspecified atom stereocenters. The number of ketones is 1. The van der Waals surface area contributed by atoms with E-state index in [0.29, 0.717) is 0 Å².